The van der Waals surface area contributed by atoms with E-state index in [1.54, 1.807) is 18.2 Å². The van der Waals surface area contributed by atoms with Crippen molar-refractivity contribution in [1.29, 1.82) is 0 Å². The van der Waals surface area contributed by atoms with E-state index in [1.807, 2.05) is 9.80 Å². The number of rotatable bonds is 1. The smallest absolute Gasteiger partial charge is 0.255 e. The molecule has 0 radical (unpaired) electrons. The van der Waals surface area contributed by atoms with E-state index in [0.717, 1.165) is 10.9 Å². The Morgan fingerprint density at radius 1 is 1.35 bits per heavy atom. The molecule has 0 aromatic heterocycles. The first-order chi connectivity index (χ1) is 9.56. The molecule has 0 aliphatic carbocycles. The van der Waals surface area contributed by atoms with Gasteiger partial charge in [-0.15, -0.1) is 0 Å². The Kier molecular flexibility index (Phi) is 3.41. The van der Waals surface area contributed by atoms with Crippen molar-refractivity contribution in [3.05, 3.63) is 28.2 Å². The molecule has 2 saturated heterocycles. The zero-order valence-electron chi connectivity index (χ0n) is 11.0. The quantitative estimate of drug-likeness (QED) is 0.789. The van der Waals surface area contributed by atoms with Crippen molar-refractivity contribution in [3.63, 3.8) is 0 Å². The lowest BCUT2D eigenvalue weighted by Gasteiger charge is -2.37. The standard InChI is InChI=1S/C14H16BrN3O2/c15-12-3-1-9(16)7-11(12)14(20)17-5-6-18-10(8-17)2-4-13(18)19/h1,3,7,10H,2,4-6,8,16H2. The molecule has 1 aromatic carbocycles. The van der Waals surface area contributed by atoms with Gasteiger partial charge in [-0.25, -0.2) is 0 Å². The number of benzene rings is 1. The molecular weight excluding hydrogens is 322 g/mol. The summed E-state index contributed by atoms with van der Waals surface area (Å²) in [6, 6.07) is 5.42. The monoisotopic (exact) mass is 337 g/mol. The van der Waals surface area contributed by atoms with E-state index < -0.39 is 0 Å². The Labute approximate surface area is 125 Å². The summed E-state index contributed by atoms with van der Waals surface area (Å²) in [5, 5.41) is 0. The zero-order chi connectivity index (χ0) is 14.3. The third kappa shape index (κ3) is 2.28. The molecule has 2 N–H and O–H groups in total. The van der Waals surface area contributed by atoms with E-state index in [9.17, 15) is 9.59 Å². The van der Waals surface area contributed by atoms with Crippen LogP contribution in [0.4, 0.5) is 5.69 Å². The second kappa shape index (κ2) is 5.09. The molecule has 2 aliphatic rings. The summed E-state index contributed by atoms with van der Waals surface area (Å²) in [5.74, 6) is 0.190. The van der Waals surface area contributed by atoms with Crippen LogP contribution in [-0.2, 0) is 4.79 Å². The molecule has 0 saturated carbocycles. The van der Waals surface area contributed by atoms with Crippen molar-refractivity contribution in [2.75, 3.05) is 25.4 Å². The molecule has 2 heterocycles. The first-order valence-electron chi connectivity index (χ1n) is 6.70. The third-order valence-electron chi connectivity index (χ3n) is 4.00. The lowest BCUT2D eigenvalue weighted by Crippen LogP contribution is -2.53. The van der Waals surface area contributed by atoms with Gasteiger partial charge >= 0.3 is 0 Å². The Bertz CT molecular complexity index is 576. The largest absolute Gasteiger partial charge is 0.399 e. The number of hydrogen-bond donors (Lipinski definition) is 1. The molecule has 0 bridgehead atoms. The van der Waals surface area contributed by atoms with Crippen molar-refractivity contribution >= 4 is 33.4 Å². The van der Waals surface area contributed by atoms with Crippen LogP contribution in [0, 0.1) is 0 Å². The van der Waals surface area contributed by atoms with Crippen molar-refractivity contribution < 1.29 is 9.59 Å². The highest BCUT2D eigenvalue weighted by Gasteiger charge is 2.37. The molecule has 20 heavy (non-hydrogen) atoms. The average Bonchev–Trinajstić information content (AvgIpc) is 2.82. The van der Waals surface area contributed by atoms with E-state index in [-0.39, 0.29) is 17.9 Å². The van der Waals surface area contributed by atoms with E-state index >= 15 is 0 Å². The highest BCUT2D eigenvalue weighted by molar-refractivity contribution is 9.10. The van der Waals surface area contributed by atoms with Gasteiger partial charge in [0.1, 0.15) is 0 Å². The van der Waals surface area contributed by atoms with Gasteiger partial charge in [-0.2, -0.15) is 0 Å². The second-order valence-corrected chi connectivity index (χ2v) is 6.12. The van der Waals surface area contributed by atoms with Gasteiger partial charge in [-0.3, -0.25) is 9.59 Å². The maximum atomic E-state index is 12.6. The summed E-state index contributed by atoms with van der Waals surface area (Å²) in [7, 11) is 0. The van der Waals surface area contributed by atoms with Crippen LogP contribution in [0.5, 0.6) is 0 Å². The third-order valence-corrected chi connectivity index (χ3v) is 4.69. The number of nitrogens with two attached hydrogens (primary N) is 1. The molecule has 2 aliphatic heterocycles. The minimum absolute atomic E-state index is 0.0248. The van der Waals surface area contributed by atoms with Crippen LogP contribution in [0.2, 0.25) is 0 Å². The number of carbonyl (C=O) groups is 2. The second-order valence-electron chi connectivity index (χ2n) is 5.27. The SMILES string of the molecule is Nc1ccc(Br)c(C(=O)N2CCN3C(=O)CCC3C2)c1. The predicted octanol–water partition coefficient (Wildman–Crippen LogP) is 1.48. The van der Waals surface area contributed by atoms with Gasteiger partial charge in [-0.1, -0.05) is 0 Å². The van der Waals surface area contributed by atoms with Crippen molar-refractivity contribution in [2.24, 2.45) is 0 Å². The fourth-order valence-corrected chi connectivity index (χ4v) is 3.34. The number of nitrogens with zero attached hydrogens (tertiary/aromatic N) is 2. The molecule has 1 atom stereocenters. The van der Waals surface area contributed by atoms with Crippen LogP contribution in [0.3, 0.4) is 0 Å². The van der Waals surface area contributed by atoms with Gasteiger partial charge in [0, 0.05) is 42.3 Å². The van der Waals surface area contributed by atoms with Crippen LogP contribution in [0.25, 0.3) is 0 Å². The number of anilines is 1. The van der Waals surface area contributed by atoms with E-state index in [0.29, 0.717) is 37.3 Å². The Balaban J connectivity index is 1.78. The molecule has 0 spiro atoms. The molecule has 3 rings (SSSR count). The first kappa shape index (κ1) is 13.4. The van der Waals surface area contributed by atoms with E-state index in [2.05, 4.69) is 15.9 Å². The molecule has 1 aromatic rings. The maximum Gasteiger partial charge on any atom is 0.255 e. The van der Waals surface area contributed by atoms with Crippen molar-refractivity contribution in [3.8, 4) is 0 Å². The van der Waals surface area contributed by atoms with Crippen LogP contribution >= 0.6 is 15.9 Å². The normalized spacial score (nSPS) is 22.1. The van der Waals surface area contributed by atoms with Gasteiger partial charge in [0.15, 0.2) is 0 Å². The highest BCUT2D eigenvalue weighted by Crippen LogP contribution is 2.26. The fourth-order valence-electron chi connectivity index (χ4n) is 2.93. The number of hydrogen-bond acceptors (Lipinski definition) is 3. The fraction of sp³-hybridized carbons (Fsp3) is 0.429. The summed E-state index contributed by atoms with van der Waals surface area (Å²) in [6.07, 6.45) is 1.45. The molecule has 106 valence electrons. The average molecular weight is 338 g/mol. The summed E-state index contributed by atoms with van der Waals surface area (Å²) in [6.45, 7) is 1.84. The molecular formula is C14H16BrN3O2. The lowest BCUT2D eigenvalue weighted by molar-refractivity contribution is -0.130. The topological polar surface area (TPSA) is 66.6 Å². The Hall–Kier alpha value is -1.56. The predicted molar refractivity (Wildman–Crippen MR) is 79.2 cm³/mol. The number of piperazine rings is 1. The molecule has 2 amide bonds. The number of nitrogen functional groups attached to an aromatic ring is 1. The van der Waals surface area contributed by atoms with Gasteiger partial charge < -0.3 is 15.5 Å². The van der Waals surface area contributed by atoms with Crippen LogP contribution < -0.4 is 5.73 Å². The van der Waals surface area contributed by atoms with E-state index in [1.165, 1.54) is 0 Å². The lowest BCUT2D eigenvalue weighted by atomic mass is 10.1. The number of fused-ring (bicyclic) bond motifs is 1. The van der Waals surface area contributed by atoms with Gasteiger partial charge in [0.05, 0.1) is 5.56 Å². The highest BCUT2D eigenvalue weighted by atomic mass is 79.9. The van der Waals surface area contributed by atoms with Crippen molar-refractivity contribution in [2.45, 2.75) is 18.9 Å². The summed E-state index contributed by atoms with van der Waals surface area (Å²) in [4.78, 5) is 28.0. The minimum atomic E-state index is -0.0248. The van der Waals surface area contributed by atoms with Crippen LogP contribution in [0.1, 0.15) is 23.2 Å². The first-order valence-corrected chi connectivity index (χ1v) is 7.49. The number of amides is 2. The van der Waals surface area contributed by atoms with E-state index in [4.69, 9.17) is 5.73 Å². The molecule has 5 nitrogen and oxygen atoms in total. The minimum Gasteiger partial charge on any atom is -0.399 e. The zero-order valence-corrected chi connectivity index (χ0v) is 12.6. The van der Waals surface area contributed by atoms with Gasteiger partial charge in [0.2, 0.25) is 5.91 Å². The Morgan fingerprint density at radius 3 is 2.95 bits per heavy atom. The summed E-state index contributed by atoms with van der Waals surface area (Å²) >= 11 is 3.40. The maximum absolute atomic E-state index is 12.6. The molecule has 2 fully saturated rings. The van der Waals surface area contributed by atoms with Gasteiger partial charge in [0.25, 0.3) is 5.91 Å². The van der Waals surface area contributed by atoms with Crippen LogP contribution in [0.15, 0.2) is 22.7 Å². The Morgan fingerprint density at radius 2 is 2.15 bits per heavy atom. The molecule has 1 unspecified atom stereocenters. The summed E-state index contributed by atoms with van der Waals surface area (Å²) < 4.78 is 0.752. The number of halogens is 1. The van der Waals surface area contributed by atoms with Gasteiger partial charge in [-0.05, 0) is 40.5 Å². The molecule has 6 heteroatoms. The number of carbonyl (C=O) groups excluding carboxylic acids is 2. The summed E-state index contributed by atoms with van der Waals surface area (Å²) in [5.41, 5.74) is 6.92. The van der Waals surface area contributed by atoms with Crippen molar-refractivity contribution in [1.82, 2.24) is 9.80 Å². The van der Waals surface area contributed by atoms with Crippen LogP contribution in [-0.4, -0.2) is 47.3 Å².